The van der Waals surface area contributed by atoms with Crippen molar-refractivity contribution in [3.8, 4) is 11.5 Å². The minimum Gasteiger partial charge on any atom is -0.508 e. The number of hydrogen-bond donors (Lipinski definition) is 2. The normalized spacial score (nSPS) is 16.7. The topological polar surface area (TPSA) is 41.5 Å². The van der Waals surface area contributed by atoms with E-state index >= 15 is 0 Å². The monoisotopic (exact) mass is 413 g/mol. The molecule has 4 rings (SSSR count). The Hall–Kier alpha value is -3.04. The Bertz CT molecular complexity index is 985. The van der Waals surface area contributed by atoms with Crippen molar-refractivity contribution in [3.05, 3.63) is 95.6 Å². The third-order valence-electron chi connectivity index (χ3n) is 5.97. The van der Waals surface area contributed by atoms with E-state index in [1.54, 1.807) is 12.1 Å². The molecule has 0 saturated carbocycles. The lowest BCUT2D eigenvalue weighted by Gasteiger charge is -2.17. The van der Waals surface area contributed by atoms with Crippen LogP contribution in [0.4, 0.5) is 0 Å². The molecule has 1 atom stereocenters. The minimum atomic E-state index is 0.298. The summed E-state index contributed by atoms with van der Waals surface area (Å²) in [6.07, 6.45) is 4.18. The molecule has 160 valence electrons. The first-order valence-electron chi connectivity index (χ1n) is 11.2. The Morgan fingerprint density at radius 2 is 1.61 bits per heavy atom. The molecule has 0 spiro atoms. The van der Waals surface area contributed by atoms with Crippen LogP contribution in [0.25, 0.3) is 11.1 Å². The lowest BCUT2D eigenvalue weighted by molar-refractivity contribution is 0.277. The lowest BCUT2D eigenvalue weighted by atomic mass is 9.89. The zero-order valence-electron chi connectivity index (χ0n) is 18.2. The number of allylic oxidation sites excluding steroid dienone is 2. The van der Waals surface area contributed by atoms with E-state index in [9.17, 15) is 5.11 Å². The summed E-state index contributed by atoms with van der Waals surface area (Å²) in [5.41, 5.74) is 6.30. The summed E-state index contributed by atoms with van der Waals surface area (Å²) in [5.74, 6) is 1.21. The standard InChI is InChI=1S/C28H31NO2/c1-2-27(22-7-4-3-5-8-22)28(19-21-10-14-25(30)15-11-21)23-12-16-26(17-13-23)31-20-24-9-6-18-29-24/h3-5,7-8,10-17,24,29-30H,2,6,9,18-20H2,1H3. The van der Waals surface area contributed by atoms with Gasteiger partial charge in [-0.15, -0.1) is 0 Å². The number of benzene rings is 3. The Morgan fingerprint density at radius 3 is 2.26 bits per heavy atom. The summed E-state index contributed by atoms with van der Waals surface area (Å²) in [7, 11) is 0. The smallest absolute Gasteiger partial charge is 0.119 e. The van der Waals surface area contributed by atoms with E-state index in [1.807, 2.05) is 12.1 Å². The third-order valence-corrected chi connectivity index (χ3v) is 5.97. The quantitative estimate of drug-likeness (QED) is 0.439. The molecule has 1 aliphatic rings. The molecule has 1 heterocycles. The Balaban J connectivity index is 1.63. The lowest BCUT2D eigenvalue weighted by Crippen LogP contribution is -2.28. The highest BCUT2D eigenvalue weighted by molar-refractivity contribution is 5.91. The van der Waals surface area contributed by atoms with E-state index in [0.717, 1.165) is 31.7 Å². The zero-order valence-corrected chi connectivity index (χ0v) is 18.2. The Morgan fingerprint density at radius 1 is 0.903 bits per heavy atom. The average Bonchev–Trinajstić information content (AvgIpc) is 3.34. The van der Waals surface area contributed by atoms with Gasteiger partial charge in [-0.2, -0.15) is 0 Å². The van der Waals surface area contributed by atoms with Gasteiger partial charge in [-0.3, -0.25) is 0 Å². The van der Waals surface area contributed by atoms with E-state index in [0.29, 0.717) is 11.8 Å². The van der Waals surface area contributed by atoms with Crippen molar-refractivity contribution in [3.63, 3.8) is 0 Å². The highest BCUT2D eigenvalue weighted by atomic mass is 16.5. The number of rotatable bonds is 8. The van der Waals surface area contributed by atoms with Gasteiger partial charge in [-0.1, -0.05) is 61.5 Å². The van der Waals surface area contributed by atoms with Crippen LogP contribution in [0.3, 0.4) is 0 Å². The molecular weight excluding hydrogens is 382 g/mol. The highest BCUT2D eigenvalue weighted by Crippen LogP contribution is 2.33. The maximum atomic E-state index is 9.67. The van der Waals surface area contributed by atoms with Crippen LogP contribution in [0.2, 0.25) is 0 Å². The van der Waals surface area contributed by atoms with Gasteiger partial charge in [0.15, 0.2) is 0 Å². The predicted molar refractivity (Wildman–Crippen MR) is 128 cm³/mol. The van der Waals surface area contributed by atoms with Crippen LogP contribution in [0, 0.1) is 0 Å². The fraction of sp³-hybridized carbons (Fsp3) is 0.286. The maximum absolute atomic E-state index is 9.67. The number of aromatic hydroxyl groups is 1. The van der Waals surface area contributed by atoms with Gasteiger partial charge in [-0.05, 0) is 84.3 Å². The minimum absolute atomic E-state index is 0.298. The summed E-state index contributed by atoms with van der Waals surface area (Å²) in [4.78, 5) is 0. The van der Waals surface area contributed by atoms with Gasteiger partial charge in [0.25, 0.3) is 0 Å². The molecule has 3 aromatic carbocycles. The molecule has 3 aromatic rings. The van der Waals surface area contributed by atoms with Gasteiger partial charge >= 0.3 is 0 Å². The summed E-state index contributed by atoms with van der Waals surface area (Å²) < 4.78 is 6.02. The highest BCUT2D eigenvalue weighted by Gasteiger charge is 2.15. The number of hydrogen-bond acceptors (Lipinski definition) is 3. The Labute approximate surface area is 185 Å². The van der Waals surface area contributed by atoms with E-state index in [2.05, 4.69) is 66.8 Å². The van der Waals surface area contributed by atoms with Gasteiger partial charge < -0.3 is 15.2 Å². The van der Waals surface area contributed by atoms with Gasteiger partial charge in [0.2, 0.25) is 0 Å². The van der Waals surface area contributed by atoms with E-state index < -0.39 is 0 Å². The van der Waals surface area contributed by atoms with Crippen LogP contribution in [-0.2, 0) is 6.42 Å². The molecule has 31 heavy (non-hydrogen) atoms. The molecule has 3 heteroatoms. The van der Waals surface area contributed by atoms with E-state index in [-0.39, 0.29) is 0 Å². The summed E-state index contributed by atoms with van der Waals surface area (Å²) in [5, 5.41) is 13.1. The molecule has 3 nitrogen and oxygen atoms in total. The largest absolute Gasteiger partial charge is 0.508 e. The number of nitrogens with one attached hydrogen (secondary N) is 1. The molecule has 0 bridgehead atoms. The number of ether oxygens (including phenoxy) is 1. The van der Waals surface area contributed by atoms with Crippen LogP contribution in [0.1, 0.15) is 42.9 Å². The van der Waals surface area contributed by atoms with Crippen molar-refractivity contribution in [1.82, 2.24) is 5.32 Å². The van der Waals surface area contributed by atoms with Crippen molar-refractivity contribution in [1.29, 1.82) is 0 Å². The van der Waals surface area contributed by atoms with Crippen LogP contribution in [0.15, 0.2) is 78.9 Å². The fourth-order valence-electron chi connectivity index (χ4n) is 4.28. The molecule has 1 saturated heterocycles. The zero-order chi connectivity index (χ0) is 21.5. The van der Waals surface area contributed by atoms with Crippen molar-refractivity contribution >= 4 is 11.1 Å². The van der Waals surface area contributed by atoms with Gasteiger partial charge in [-0.25, -0.2) is 0 Å². The van der Waals surface area contributed by atoms with Gasteiger partial charge in [0.05, 0.1) is 0 Å². The first kappa shape index (κ1) is 21.2. The third kappa shape index (κ3) is 5.56. The van der Waals surface area contributed by atoms with Gasteiger partial charge in [0.1, 0.15) is 18.1 Å². The second kappa shape index (κ2) is 10.3. The first-order chi connectivity index (χ1) is 15.2. The van der Waals surface area contributed by atoms with E-state index in [1.165, 1.54) is 40.7 Å². The first-order valence-corrected chi connectivity index (χ1v) is 11.2. The van der Waals surface area contributed by atoms with Gasteiger partial charge in [0, 0.05) is 6.04 Å². The van der Waals surface area contributed by atoms with Crippen LogP contribution in [-0.4, -0.2) is 24.3 Å². The predicted octanol–water partition coefficient (Wildman–Crippen LogP) is 6.09. The van der Waals surface area contributed by atoms with Crippen LogP contribution in [0.5, 0.6) is 11.5 Å². The Kier molecular flexibility index (Phi) is 7.06. The maximum Gasteiger partial charge on any atom is 0.119 e. The molecule has 0 aliphatic carbocycles. The van der Waals surface area contributed by atoms with Crippen LogP contribution < -0.4 is 10.1 Å². The second-order valence-electron chi connectivity index (χ2n) is 8.15. The molecule has 1 fully saturated rings. The van der Waals surface area contributed by atoms with Crippen molar-refractivity contribution in [2.45, 2.75) is 38.6 Å². The molecule has 0 amide bonds. The molecule has 0 aromatic heterocycles. The van der Waals surface area contributed by atoms with Crippen LogP contribution >= 0.6 is 0 Å². The number of phenols is 1. The second-order valence-corrected chi connectivity index (χ2v) is 8.15. The van der Waals surface area contributed by atoms with Crippen molar-refractivity contribution < 1.29 is 9.84 Å². The SMILES string of the molecule is CCC(=C(Cc1ccc(O)cc1)c1ccc(OCC2CCCN2)cc1)c1ccccc1. The fourth-order valence-corrected chi connectivity index (χ4v) is 4.28. The molecule has 1 unspecified atom stereocenters. The average molecular weight is 414 g/mol. The molecule has 0 radical (unpaired) electrons. The summed E-state index contributed by atoms with van der Waals surface area (Å²) in [6.45, 7) is 4.03. The van der Waals surface area contributed by atoms with E-state index in [4.69, 9.17) is 4.74 Å². The summed E-state index contributed by atoms with van der Waals surface area (Å²) in [6, 6.07) is 27.1. The molecular formula is C28H31NO2. The molecule has 2 N–H and O–H groups in total. The van der Waals surface area contributed by atoms with Crippen molar-refractivity contribution in [2.24, 2.45) is 0 Å². The van der Waals surface area contributed by atoms with Crippen molar-refractivity contribution in [2.75, 3.05) is 13.2 Å². The molecule has 1 aliphatic heterocycles. The number of phenolic OH excluding ortho intramolecular Hbond substituents is 1. The summed E-state index contributed by atoms with van der Waals surface area (Å²) >= 11 is 0.